The second kappa shape index (κ2) is 5.71. The lowest BCUT2D eigenvalue weighted by atomic mass is 9.99. The van der Waals surface area contributed by atoms with Gasteiger partial charge in [-0.2, -0.15) is 0 Å². The summed E-state index contributed by atoms with van der Waals surface area (Å²) in [5.74, 6) is -2.29. The van der Waals surface area contributed by atoms with Gasteiger partial charge in [-0.3, -0.25) is 4.79 Å². The van der Waals surface area contributed by atoms with Gasteiger partial charge in [-0.25, -0.2) is 8.78 Å². The van der Waals surface area contributed by atoms with E-state index in [1.165, 1.54) is 13.2 Å². The fraction of sp³-hybridized carbons (Fsp3) is 0.133. The van der Waals surface area contributed by atoms with E-state index < -0.39 is 23.0 Å². The number of ether oxygens (including phenoxy) is 1. The summed E-state index contributed by atoms with van der Waals surface area (Å²) < 4.78 is 32.9. The van der Waals surface area contributed by atoms with Crippen molar-refractivity contribution in [2.45, 2.75) is 6.92 Å². The highest BCUT2D eigenvalue weighted by Gasteiger charge is 2.23. The third-order valence-electron chi connectivity index (χ3n) is 2.87. The van der Waals surface area contributed by atoms with Crippen LogP contribution in [-0.2, 0) is 0 Å². The van der Waals surface area contributed by atoms with E-state index in [0.717, 1.165) is 11.6 Å². The summed E-state index contributed by atoms with van der Waals surface area (Å²) >= 11 is 2.95. The molecule has 20 heavy (non-hydrogen) atoms. The molecule has 0 N–H and O–H groups in total. The molecule has 2 aromatic rings. The number of carbonyl (C=O) groups is 1. The molecule has 104 valence electrons. The van der Waals surface area contributed by atoms with E-state index in [-0.39, 0.29) is 15.8 Å². The van der Waals surface area contributed by atoms with Crippen LogP contribution in [0.5, 0.6) is 5.75 Å². The minimum atomic E-state index is -0.918. The number of hydrogen-bond acceptors (Lipinski definition) is 2. The van der Waals surface area contributed by atoms with Crippen LogP contribution >= 0.6 is 15.9 Å². The maximum absolute atomic E-state index is 14.0. The third-order valence-corrected chi connectivity index (χ3v) is 3.48. The Morgan fingerprint density at radius 2 is 1.90 bits per heavy atom. The summed E-state index contributed by atoms with van der Waals surface area (Å²) in [6.45, 7) is 1.78. The Hall–Kier alpha value is -1.75. The standard InChI is InChI=1S/C15H11BrF2O2/c1-8-3-6-12(20-2)9(7-8)15(19)13-11(17)5-4-10(16)14(13)18/h3-7H,1-2H3. The first-order valence-electron chi connectivity index (χ1n) is 5.78. The van der Waals surface area contributed by atoms with E-state index in [1.54, 1.807) is 25.1 Å². The molecule has 5 heteroatoms. The molecular formula is C15H11BrF2O2. The minimum Gasteiger partial charge on any atom is -0.496 e. The monoisotopic (exact) mass is 340 g/mol. The van der Waals surface area contributed by atoms with Crippen LogP contribution in [0.4, 0.5) is 8.78 Å². The van der Waals surface area contributed by atoms with E-state index in [4.69, 9.17) is 4.74 Å². The van der Waals surface area contributed by atoms with Crippen molar-refractivity contribution in [3.05, 3.63) is 63.1 Å². The Morgan fingerprint density at radius 1 is 1.20 bits per heavy atom. The quantitative estimate of drug-likeness (QED) is 0.615. The van der Waals surface area contributed by atoms with Gasteiger partial charge in [0.1, 0.15) is 11.6 Å². The molecule has 0 aliphatic heterocycles. The average molecular weight is 341 g/mol. The smallest absolute Gasteiger partial charge is 0.202 e. The Kier molecular flexibility index (Phi) is 4.18. The predicted molar refractivity (Wildman–Crippen MR) is 75.2 cm³/mol. The van der Waals surface area contributed by atoms with Crippen molar-refractivity contribution in [1.29, 1.82) is 0 Å². The summed E-state index contributed by atoms with van der Waals surface area (Å²) in [5.41, 5.74) is 0.330. The molecule has 0 heterocycles. The highest BCUT2D eigenvalue weighted by atomic mass is 79.9. The normalized spacial score (nSPS) is 10.4. The van der Waals surface area contributed by atoms with E-state index in [0.29, 0.717) is 0 Å². The zero-order chi connectivity index (χ0) is 14.9. The van der Waals surface area contributed by atoms with Crippen LogP contribution in [-0.4, -0.2) is 12.9 Å². The van der Waals surface area contributed by atoms with Gasteiger partial charge in [0.05, 0.1) is 22.7 Å². The lowest BCUT2D eigenvalue weighted by molar-refractivity contribution is 0.102. The van der Waals surface area contributed by atoms with Gasteiger partial charge in [0.25, 0.3) is 0 Å². The summed E-state index contributed by atoms with van der Waals surface area (Å²) in [6.07, 6.45) is 0. The molecule has 0 amide bonds. The SMILES string of the molecule is COc1ccc(C)cc1C(=O)c1c(F)ccc(Br)c1F. The molecule has 0 radical (unpaired) electrons. The number of hydrogen-bond donors (Lipinski definition) is 0. The van der Waals surface area contributed by atoms with E-state index >= 15 is 0 Å². The summed E-state index contributed by atoms with van der Waals surface area (Å²) in [6, 6.07) is 7.15. The Bertz CT molecular complexity index is 684. The van der Waals surface area contributed by atoms with Crippen LogP contribution in [0.1, 0.15) is 21.5 Å². The van der Waals surface area contributed by atoms with Crippen molar-refractivity contribution in [3.8, 4) is 5.75 Å². The van der Waals surface area contributed by atoms with E-state index in [1.807, 2.05) is 0 Å². The first kappa shape index (κ1) is 14.7. The largest absolute Gasteiger partial charge is 0.496 e. The second-order valence-corrected chi connectivity index (χ2v) is 5.11. The zero-order valence-corrected chi connectivity index (χ0v) is 12.4. The highest BCUT2D eigenvalue weighted by molar-refractivity contribution is 9.10. The van der Waals surface area contributed by atoms with Crippen molar-refractivity contribution in [1.82, 2.24) is 0 Å². The van der Waals surface area contributed by atoms with E-state index in [9.17, 15) is 13.6 Å². The van der Waals surface area contributed by atoms with Crippen molar-refractivity contribution < 1.29 is 18.3 Å². The van der Waals surface area contributed by atoms with Crippen molar-refractivity contribution >= 4 is 21.7 Å². The van der Waals surface area contributed by atoms with Crippen LogP contribution in [0.25, 0.3) is 0 Å². The van der Waals surface area contributed by atoms with Gasteiger partial charge in [-0.05, 0) is 47.1 Å². The molecule has 0 unspecified atom stereocenters. The minimum absolute atomic E-state index is 0.0360. The van der Waals surface area contributed by atoms with Gasteiger partial charge >= 0.3 is 0 Å². The summed E-state index contributed by atoms with van der Waals surface area (Å²) in [5, 5.41) is 0. The van der Waals surface area contributed by atoms with Gasteiger partial charge in [0, 0.05) is 0 Å². The molecule has 0 aliphatic carbocycles. The van der Waals surface area contributed by atoms with Gasteiger partial charge in [-0.1, -0.05) is 11.6 Å². The van der Waals surface area contributed by atoms with Crippen LogP contribution in [0.2, 0.25) is 0 Å². The lowest BCUT2D eigenvalue weighted by Gasteiger charge is -2.10. The maximum atomic E-state index is 14.0. The molecule has 0 aromatic heterocycles. The number of benzene rings is 2. The molecule has 0 saturated heterocycles. The second-order valence-electron chi connectivity index (χ2n) is 4.25. The van der Waals surface area contributed by atoms with Crippen LogP contribution < -0.4 is 4.74 Å². The number of ketones is 1. The fourth-order valence-corrected chi connectivity index (χ4v) is 2.20. The molecular weight excluding hydrogens is 330 g/mol. The van der Waals surface area contributed by atoms with Gasteiger partial charge < -0.3 is 4.74 Å². The van der Waals surface area contributed by atoms with E-state index in [2.05, 4.69) is 15.9 Å². The molecule has 0 saturated carbocycles. The number of carbonyl (C=O) groups excluding carboxylic acids is 1. The van der Waals surface area contributed by atoms with Crippen molar-refractivity contribution in [2.75, 3.05) is 7.11 Å². The zero-order valence-electron chi connectivity index (χ0n) is 10.8. The Labute approximate surface area is 123 Å². The van der Waals surface area contributed by atoms with Crippen LogP contribution in [0.3, 0.4) is 0 Å². The molecule has 0 bridgehead atoms. The molecule has 2 rings (SSSR count). The third kappa shape index (κ3) is 2.58. The fourth-order valence-electron chi connectivity index (χ4n) is 1.87. The number of aryl methyl sites for hydroxylation is 1. The van der Waals surface area contributed by atoms with Crippen LogP contribution in [0, 0.1) is 18.6 Å². The predicted octanol–water partition coefficient (Wildman–Crippen LogP) is 4.28. The molecule has 0 fully saturated rings. The molecule has 0 aliphatic rings. The van der Waals surface area contributed by atoms with Crippen molar-refractivity contribution in [3.63, 3.8) is 0 Å². The topological polar surface area (TPSA) is 26.3 Å². The lowest BCUT2D eigenvalue weighted by Crippen LogP contribution is -2.10. The van der Waals surface area contributed by atoms with Gasteiger partial charge in [0.15, 0.2) is 5.82 Å². The molecule has 2 nitrogen and oxygen atoms in total. The number of methoxy groups -OCH3 is 1. The van der Waals surface area contributed by atoms with Gasteiger partial charge in [0.2, 0.25) is 5.78 Å². The van der Waals surface area contributed by atoms with Crippen molar-refractivity contribution in [2.24, 2.45) is 0 Å². The first-order chi connectivity index (χ1) is 9.45. The average Bonchev–Trinajstić information content (AvgIpc) is 2.43. The Morgan fingerprint density at radius 3 is 2.55 bits per heavy atom. The summed E-state index contributed by atoms with van der Waals surface area (Å²) in [4.78, 5) is 12.4. The molecule has 0 atom stereocenters. The highest BCUT2D eigenvalue weighted by Crippen LogP contribution is 2.28. The summed E-state index contributed by atoms with van der Waals surface area (Å²) in [7, 11) is 1.40. The molecule has 2 aromatic carbocycles. The first-order valence-corrected chi connectivity index (χ1v) is 6.58. The Balaban J connectivity index is 2.63. The number of halogens is 3. The van der Waals surface area contributed by atoms with Crippen LogP contribution in [0.15, 0.2) is 34.8 Å². The number of rotatable bonds is 3. The maximum Gasteiger partial charge on any atom is 0.202 e. The molecule has 0 spiro atoms. The van der Waals surface area contributed by atoms with Gasteiger partial charge in [-0.15, -0.1) is 0 Å².